The average Bonchev–Trinajstić information content (AvgIpc) is 3.08. The van der Waals surface area contributed by atoms with E-state index in [2.05, 4.69) is 0 Å². The number of hydrogen-bond acceptors (Lipinski definition) is 3. The van der Waals surface area contributed by atoms with Crippen LogP contribution in [-0.4, -0.2) is 18.7 Å². The molecule has 6 heteroatoms. The first-order valence-corrected chi connectivity index (χ1v) is 9.61. The van der Waals surface area contributed by atoms with E-state index in [0.717, 1.165) is 24.0 Å². The molecule has 4 nitrogen and oxygen atoms in total. The fourth-order valence-electron chi connectivity index (χ4n) is 3.06. The second kappa shape index (κ2) is 6.48. The molecular weight excluding hydrogens is 365 g/mol. The lowest BCUT2D eigenvalue weighted by Gasteiger charge is -2.07. The molecule has 0 amide bonds. The van der Waals surface area contributed by atoms with Crippen molar-refractivity contribution >= 4 is 27.2 Å². The van der Waals surface area contributed by atoms with E-state index < -0.39 is 15.8 Å². The minimum atomic E-state index is -3.93. The van der Waals surface area contributed by atoms with Gasteiger partial charge in [0.05, 0.1) is 10.4 Å². The lowest BCUT2D eigenvalue weighted by molar-refractivity contribution is 0.112. The van der Waals surface area contributed by atoms with E-state index in [0.29, 0.717) is 22.0 Å². The molecule has 0 aliphatic rings. The van der Waals surface area contributed by atoms with Gasteiger partial charge in [0.25, 0.3) is 10.0 Å². The minimum absolute atomic E-state index is 0.0140. The summed E-state index contributed by atoms with van der Waals surface area (Å²) in [5, 5.41) is 0.650. The highest BCUT2D eigenvalue weighted by atomic mass is 32.2. The highest BCUT2D eigenvalue weighted by Crippen LogP contribution is 2.33. The van der Waals surface area contributed by atoms with E-state index in [-0.39, 0.29) is 4.90 Å². The summed E-state index contributed by atoms with van der Waals surface area (Å²) in [6, 6.07) is 18.9. The van der Waals surface area contributed by atoms with Crippen molar-refractivity contribution in [2.24, 2.45) is 0 Å². The molecule has 0 saturated heterocycles. The number of rotatable bonds is 4. The lowest BCUT2D eigenvalue weighted by Crippen LogP contribution is -2.11. The fraction of sp³-hybridized carbons (Fsp3) is 0. The number of hydrogen-bond donors (Lipinski definition) is 0. The van der Waals surface area contributed by atoms with Crippen molar-refractivity contribution in [3.8, 4) is 11.1 Å². The average molecular weight is 379 g/mol. The van der Waals surface area contributed by atoms with Crippen molar-refractivity contribution in [1.82, 2.24) is 3.97 Å². The Morgan fingerprint density at radius 1 is 0.889 bits per heavy atom. The second-order valence-electron chi connectivity index (χ2n) is 6.06. The van der Waals surface area contributed by atoms with Gasteiger partial charge in [-0.25, -0.2) is 16.8 Å². The van der Waals surface area contributed by atoms with Crippen molar-refractivity contribution in [1.29, 1.82) is 0 Å². The SMILES string of the molecule is O=Cc1ccc2c(c1)c(-c1ccccc1)cn2S(=O)(=O)c1ccc(F)cc1. The van der Waals surface area contributed by atoms with Crippen LogP contribution in [0.3, 0.4) is 0 Å². The monoisotopic (exact) mass is 379 g/mol. The van der Waals surface area contributed by atoms with E-state index in [4.69, 9.17) is 0 Å². The molecule has 4 aromatic rings. The largest absolute Gasteiger partial charge is 0.298 e. The molecule has 1 aromatic heterocycles. The van der Waals surface area contributed by atoms with Crippen LogP contribution in [0.25, 0.3) is 22.0 Å². The molecule has 0 unspecified atom stereocenters. The van der Waals surface area contributed by atoms with Crippen LogP contribution < -0.4 is 0 Å². The van der Waals surface area contributed by atoms with Gasteiger partial charge in [0.1, 0.15) is 12.1 Å². The summed E-state index contributed by atoms with van der Waals surface area (Å²) in [7, 11) is -3.93. The van der Waals surface area contributed by atoms with Gasteiger partial charge in [0.15, 0.2) is 0 Å². The van der Waals surface area contributed by atoms with Crippen LogP contribution in [0.15, 0.2) is 83.9 Å². The van der Waals surface area contributed by atoms with Crippen LogP contribution in [0.2, 0.25) is 0 Å². The molecule has 27 heavy (non-hydrogen) atoms. The van der Waals surface area contributed by atoms with Crippen molar-refractivity contribution in [2.45, 2.75) is 4.90 Å². The number of aromatic nitrogens is 1. The smallest absolute Gasteiger partial charge is 0.268 e. The van der Waals surface area contributed by atoms with Crippen LogP contribution in [0.1, 0.15) is 10.4 Å². The maximum atomic E-state index is 13.2. The van der Waals surface area contributed by atoms with E-state index in [9.17, 15) is 17.6 Å². The van der Waals surface area contributed by atoms with Crippen LogP contribution >= 0.6 is 0 Å². The molecule has 0 bridgehead atoms. The maximum Gasteiger partial charge on any atom is 0.268 e. The topological polar surface area (TPSA) is 56.1 Å². The molecule has 0 fully saturated rings. The highest BCUT2D eigenvalue weighted by molar-refractivity contribution is 7.90. The van der Waals surface area contributed by atoms with Crippen molar-refractivity contribution < 1.29 is 17.6 Å². The van der Waals surface area contributed by atoms with Crippen molar-refractivity contribution in [2.75, 3.05) is 0 Å². The molecule has 0 N–H and O–H groups in total. The van der Waals surface area contributed by atoms with Gasteiger partial charge in [-0.05, 0) is 48.0 Å². The zero-order valence-corrected chi connectivity index (χ0v) is 14.9. The van der Waals surface area contributed by atoms with E-state index in [1.165, 1.54) is 22.3 Å². The Hall–Kier alpha value is -3.25. The third-order valence-corrected chi connectivity index (χ3v) is 6.07. The normalized spacial score (nSPS) is 11.6. The lowest BCUT2D eigenvalue weighted by atomic mass is 10.0. The Labute approximate surface area is 155 Å². The Balaban J connectivity index is 2.02. The summed E-state index contributed by atoms with van der Waals surface area (Å²) in [5.41, 5.74) is 2.43. The third-order valence-electron chi connectivity index (χ3n) is 4.39. The summed E-state index contributed by atoms with van der Waals surface area (Å²) < 4.78 is 40.6. The van der Waals surface area contributed by atoms with Crippen molar-refractivity contribution in [3.63, 3.8) is 0 Å². The molecule has 0 saturated carbocycles. The number of benzene rings is 3. The molecule has 0 radical (unpaired) electrons. The summed E-state index contributed by atoms with van der Waals surface area (Å²) >= 11 is 0. The molecule has 0 atom stereocenters. The summed E-state index contributed by atoms with van der Waals surface area (Å²) in [6.45, 7) is 0. The number of nitrogens with zero attached hydrogens (tertiary/aromatic N) is 1. The van der Waals surface area contributed by atoms with Crippen molar-refractivity contribution in [3.05, 3.63) is 90.4 Å². The Kier molecular flexibility index (Phi) is 4.12. The number of aldehydes is 1. The molecule has 0 spiro atoms. The molecular formula is C21H14FNO3S. The second-order valence-corrected chi connectivity index (χ2v) is 7.87. The molecule has 134 valence electrons. The van der Waals surface area contributed by atoms with Crippen LogP contribution in [0.5, 0.6) is 0 Å². The van der Waals surface area contributed by atoms with Gasteiger partial charge in [-0.15, -0.1) is 0 Å². The number of carbonyl (C=O) groups is 1. The number of fused-ring (bicyclic) bond motifs is 1. The summed E-state index contributed by atoms with van der Waals surface area (Å²) in [4.78, 5) is 11.2. The number of halogens is 1. The van der Waals surface area contributed by atoms with Gasteiger partial charge in [-0.2, -0.15) is 0 Å². The summed E-state index contributed by atoms with van der Waals surface area (Å²) in [5.74, 6) is -0.507. The quantitative estimate of drug-likeness (QED) is 0.491. The highest BCUT2D eigenvalue weighted by Gasteiger charge is 2.22. The minimum Gasteiger partial charge on any atom is -0.298 e. The van der Waals surface area contributed by atoms with E-state index in [1.54, 1.807) is 18.2 Å². The third kappa shape index (κ3) is 2.94. The first-order chi connectivity index (χ1) is 13.0. The van der Waals surface area contributed by atoms with E-state index in [1.807, 2.05) is 30.3 Å². The van der Waals surface area contributed by atoms with Crippen LogP contribution in [0.4, 0.5) is 4.39 Å². The zero-order valence-electron chi connectivity index (χ0n) is 14.0. The van der Waals surface area contributed by atoms with Gasteiger partial charge in [-0.1, -0.05) is 30.3 Å². The van der Waals surface area contributed by atoms with Crippen LogP contribution in [0, 0.1) is 5.82 Å². The Morgan fingerprint density at radius 2 is 1.59 bits per heavy atom. The van der Waals surface area contributed by atoms with Gasteiger partial charge in [0.2, 0.25) is 0 Å². The first-order valence-electron chi connectivity index (χ1n) is 8.17. The van der Waals surface area contributed by atoms with Gasteiger partial charge < -0.3 is 0 Å². The zero-order chi connectivity index (χ0) is 19.0. The predicted molar refractivity (Wildman–Crippen MR) is 102 cm³/mol. The van der Waals surface area contributed by atoms with Crippen LogP contribution in [-0.2, 0) is 10.0 Å². The Bertz CT molecular complexity index is 1240. The summed E-state index contributed by atoms with van der Waals surface area (Å²) in [6.07, 6.45) is 2.26. The van der Waals surface area contributed by atoms with Gasteiger partial charge >= 0.3 is 0 Å². The molecule has 3 aromatic carbocycles. The first kappa shape index (κ1) is 17.2. The fourth-order valence-corrected chi connectivity index (χ4v) is 4.43. The molecule has 4 rings (SSSR count). The van der Waals surface area contributed by atoms with E-state index >= 15 is 0 Å². The van der Waals surface area contributed by atoms with Gasteiger partial charge in [-0.3, -0.25) is 4.79 Å². The predicted octanol–water partition coefficient (Wildman–Crippen LogP) is 4.50. The Morgan fingerprint density at radius 3 is 2.26 bits per heavy atom. The molecule has 0 aliphatic heterocycles. The molecule has 0 aliphatic carbocycles. The van der Waals surface area contributed by atoms with Gasteiger partial charge in [0, 0.05) is 22.7 Å². The number of carbonyl (C=O) groups excluding carboxylic acids is 1. The maximum absolute atomic E-state index is 13.2. The standard InChI is InChI=1S/C21H14FNO3S/c22-17-7-9-18(10-8-17)27(25,26)23-13-20(16-4-2-1-3-5-16)19-12-15(14-24)6-11-21(19)23/h1-14H. The molecule has 1 heterocycles.